The predicted molar refractivity (Wildman–Crippen MR) is 187 cm³/mol. The van der Waals surface area contributed by atoms with Gasteiger partial charge in [0.25, 0.3) is 5.56 Å². The van der Waals surface area contributed by atoms with Gasteiger partial charge in [-0.3, -0.25) is 28.5 Å². The van der Waals surface area contributed by atoms with Crippen LogP contribution in [0.2, 0.25) is 0 Å². The Balaban J connectivity index is 0.000000230. The van der Waals surface area contributed by atoms with E-state index in [0.717, 1.165) is 15.7 Å². The molecule has 49 heavy (non-hydrogen) atoms. The molecule has 1 unspecified atom stereocenters. The van der Waals surface area contributed by atoms with Crippen molar-refractivity contribution in [2.45, 2.75) is 47.2 Å². The molecule has 3 aromatic carbocycles. The Labute approximate surface area is 290 Å². The van der Waals surface area contributed by atoms with Gasteiger partial charge >= 0.3 is 11.7 Å². The van der Waals surface area contributed by atoms with E-state index in [-0.39, 0.29) is 29.6 Å². The molecule has 1 atom stereocenters. The van der Waals surface area contributed by atoms with Gasteiger partial charge in [0.05, 0.1) is 29.7 Å². The summed E-state index contributed by atoms with van der Waals surface area (Å²) in [5.74, 6) is -0.858. The molecule has 2 N–H and O–H groups in total. The van der Waals surface area contributed by atoms with E-state index in [4.69, 9.17) is 0 Å². The summed E-state index contributed by atoms with van der Waals surface area (Å²) in [7, 11) is 1.56. The van der Waals surface area contributed by atoms with Crippen molar-refractivity contribution in [3.63, 3.8) is 0 Å². The number of hydrogen-bond donors (Lipinski definition) is 2. The number of nitrogens with zero attached hydrogens (tertiary/aromatic N) is 3. The number of esters is 1. The number of fused-ring (bicyclic) bond motifs is 1. The minimum atomic E-state index is -0.740. The summed E-state index contributed by atoms with van der Waals surface area (Å²) in [5, 5.41) is 12.8. The number of pyridine rings is 1. The number of ether oxygens (including phenoxy) is 1. The van der Waals surface area contributed by atoms with Gasteiger partial charge in [0, 0.05) is 47.9 Å². The molecule has 0 bridgehead atoms. The second-order valence-electron chi connectivity index (χ2n) is 10.9. The van der Waals surface area contributed by atoms with Crippen LogP contribution in [-0.2, 0) is 27.9 Å². The molecule has 0 radical (unpaired) electrons. The van der Waals surface area contributed by atoms with Crippen LogP contribution in [0.5, 0.6) is 5.75 Å². The lowest BCUT2D eigenvalue weighted by Gasteiger charge is -2.18. The SMILES string of the molecule is CC(c1cc(Br)ccc1F)n1c(=O)c2ccncc2n(C)c1=O.CCOC(C)=O.Cc1cc(-c2c(C)cccc2O)cc(CNC=O)c1F. The fraction of sp³-hybridized carbons (Fsp3) is 0.250. The van der Waals surface area contributed by atoms with Crippen molar-refractivity contribution in [3.05, 3.63) is 126 Å². The molecule has 0 aliphatic heterocycles. The van der Waals surface area contributed by atoms with Crippen molar-refractivity contribution in [2.75, 3.05) is 6.61 Å². The molecule has 0 aliphatic carbocycles. The first-order valence-corrected chi connectivity index (χ1v) is 15.9. The normalized spacial score (nSPS) is 11.0. The second-order valence-corrected chi connectivity index (χ2v) is 11.8. The Morgan fingerprint density at radius 3 is 2.43 bits per heavy atom. The number of halogens is 3. The first-order valence-electron chi connectivity index (χ1n) is 15.1. The fourth-order valence-electron chi connectivity index (χ4n) is 5.13. The number of rotatable bonds is 7. The van der Waals surface area contributed by atoms with Crippen LogP contribution in [-0.4, -0.2) is 38.2 Å². The van der Waals surface area contributed by atoms with Crippen molar-refractivity contribution in [3.8, 4) is 16.9 Å². The summed E-state index contributed by atoms with van der Waals surface area (Å²) in [6.07, 6.45) is 3.49. The van der Waals surface area contributed by atoms with Crippen LogP contribution in [0.25, 0.3) is 22.0 Å². The molecule has 0 saturated carbocycles. The maximum Gasteiger partial charge on any atom is 0.331 e. The molecule has 5 aromatic rings. The number of aryl methyl sites for hydroxylation is 3. The van der Waals surface area contributed by atoms with Gasteiger partial charge in [-0.25, -0.2) is 13.6 Å². The number of carbonyl (C=O) groups is 2. The van der Waals surface area contributed by atoms with E-state index in [1.165, 1.54) is 30.0 Å². The first kappa shape index (κ1) is 38.3. The van der Waals surface area contributed by atoms with E-state index in [1.807, 2.05) is 13.0 Å². The predicted octanol–water partition coefficient (Wildman–Crippen LogP) is 6.24. The molecule has 0 spiro atoms. The van der Waals surface area contributed by atoms with Crippen molar-refractivity contribution >= 4 is 39.2 Å². The molecule has 0 aliphatic rings. The largest absolute Gasteiger partial charge is 0.507 e. The molecule has 13 heteroatoms. The zero-order valence-corrected chi connectivity index (χ0v) is 29.5. The van der Waals surface area contributed by atoms with Gasteiger partial charge in [0.1, 0.15) is 17.4 Å². The minimum Gasteiger partial charge on any atom is -0.507 e. The lowest BCUT2D eigenvalue weighted by molar-refractivity contribution is -0.140. The zero-order chi connectivity index (χ0) is 36.4. The van der Waals surface area contributed by atoms with Crippen LogP contribution in [0.1, 0.15) is 49.1 Å². The molecular weight excluding hydrogens is 702 g/mol. The van der Waals surface area contributed by atoms with Crippen molar-refractivity contribution in [2.24, 2.45) is 7.05 Å². The number of hydrogen-bond acceptors (Lipinski definition) is 7. The number of aromatic hydroxyl groups is 1. The average Bonchev–Trinajstić information content (AvgIpc) is 3.06. The highest BCUT2D eigenvalue weighted by atomic mass is 79.9. The van der Waals surface area contributed by atoms with Gasteiger partial charge in [-0.1, -0.05) is 28.1 Å². The number of benzene rings is 3. The molecule has 1 amide bonds. The first-order chi connectivity index (χ1) is 23.2. The topological polar surface area (TPSA) is 133 Å². The maximum atomic E-state index is 14.1. The second kappa shape index (κ2) is 17.3. The average molecular weight is 740 g/mol. The number of nitrogens with one attached hydrogen (secondary N) is 1. The summed E-state index contributed by atoms with van der Waals surface area (Å²) >= 11 is 3.28. The van der Waals surface area contributed by atoms with Gasteiger partial charge in [0.15, 0.2) is 0 Å². The van der Waals surface area contributed by atoms with E-state index >= 15 is 0 Å². The van der Waals surface area contributed by atoms with Gasteiger partial charge in [-0.2, -0.15) is 0 Å². The highest BCUT2D eigenvalue weighted by Crippen LogP contribution is 2.34. The fourth-order valence-corrected chi connectivity index (χ4v) is 5.51. The molecule has 10 nitrogen and oxygen atoms in total. The zero-order valence-electron chi connectivity index (χ0n) is 27.9. The van der Waals surface area contributed by atoms with E-state index < -0.39 is 23.1 Å². The van der Waals surface area contributed by atoms with E-state index in [0.29, 0.717) is 45.1 Å². The molecule has 5 rings (SSSR count). The summed E-state index contributed by atoms with van der Waals surface area (Å²) < 4.78 is 35.6. The van der Waals surface area contributed by atoms with Crippen LogP contribution in [0.3, 0.4) is 0 Å². The molecule has 2 aromatic heterocycles. The number of phenolic OH excluding ortho intramolecular Hbond substituents is 1. The quantitative estimate of drug-likeness (QED) is 0.149. The van der Waals surface area contributed by atoms with Crippen molar-refractivity contribution in [1.82, 2.24) is 19.4 Å². The number of phenols is 1. The Kier molecular flexibility index (Phi) is 13.5. The Morgan fingerprint density at radius 1 is 1.10 bits per heavy atom. The maximum absolute atomic E-state index is 14.1. The van der Waals surface area contributed by atoms with Gasteiger partial charge in [-0.05, 0) is 86.8 Å². The summed E-state index contributed by atoms with van der Waals surface area (Å²) in [4.78, 5) is 49.4. The Bertz CT molecular complexity index is 2080. The van der Waals surface area contributed by atoms with Crippen LogP contribution < -0.4 is 16.6 Å². The lowest BCUT2D eigenvalue weighted by atomic mass is 9.95. The molecule has 0 saturated heterocycles. The van der Waals surface area contributed by atoms with Gasteiger partial charge < -0.3 is 15.2 Å². The monoisotopic (exact) mass is 738 g/mol. The smallest absolute Gasteiger partial charge is 0.331 e. The number of aromatic nitrogens is 3. The van der Waals surface area contributed by atoms with Crippen LogP contribution in [0.4, 0.5) is 8.78 Å². The Morgan fingerprint density at radius 2 is 1.82 bits per heavy atom. The molecule has 258 valence electrons. The Hall–Kier alpha value is -5.17. The van der Waals surface area contributed by atoms with Crippen molar-refractivity contribution in [1.29, 1.82) is 0 Å². The molecule has 0 fully saturated rings. The number of amides is 1. The van der Waals surface area contributed by atoms with Gasteiger partial charge in [0.2, 0.25) is 6.41 Å². The lowest BCUT2D eigenvalue weighted by Crippen LogP contribution is -2.41. The van der Waals surface area contributed by atoms with Crippen LogP contribution >= 0.6 is 15.9 Å². The van der Waals surface area contributed by atoms with Crippen LogP contribution in [0.15, 0.2) is 81.1 Å². The molecular formula is C36H37BrF2N4O6. The summed E-state index contributed by atoms with van der Waals surface area (Å²) in [6.45, 7) is 8.95. The third-order valence-corrected chi connectivity index (χ3v) is 7.99. The summed E-state index contributed by atoms with van der Waals surface area (Å²) in [5.41, 5.74) is 2.95. The van der Waals surface area contributed by atoms with Crippen LogP contribution in [0, 0.1) is 25.5 Å². The van der Waals surface area contributed by atoms with Crippen molar-refractivity contribution < 1.29 is 28.2 Å². The third kappa shape index (κ3) is 9.26. The third-order valence-electron chi connectivity index (χ3n) is 7.49. The van der Waals surface area contributed by atoms with E-state index in [1.54, 1.807) is 70.3 Å². The number of carbonyl (C=O) groups excluding carboxylic acids is 2. The standard InChI is InChI=1S/C16H13BrFN3O2.C16H16FNO2.C4H8O2/c1-9(12-7-10(17)3-4-13(12)18)21-15(22)11-5-6-19-8-14(11)20(2)16(21)23;1-10-4-3-5-14(20)15(10)12-6-11(2)16(17)13(7-12)8-18-9-19;1-3-6-4(2)5/h3-9H,1-2H3;3-7,9,20H,8H2,1-2H3,(H,18,19);3H2,1-2H3. The highest BCUT2D eigenvalue weighted by Gasteiger charge is 2.20. The summed E-state index contributed by atoms with van der Waals surface area (Å²) in [6, 6.07) is 13.9. The highest BCUT2D eigenvalue weighted by molar-refractivity contribution is 9.10. The minimum absolute atomic E-state index is 0.122. The van der Waals surface area contributed by atoms with E-state index in [2.05, 4.69) is 31.0 Å². The van der Waals surface area contributed by atoms with Gasteiger partial charge in [-0.15, -0.1) is 0 Å². The molecule has 2 heterocycles. The van der Waals surface area contributed by atoms with E-state index in [9.17, 15) is 33.1 Å².